The highest BCUT2D eigenvalue weighted by molar-refractivity contribution is 6.74. The number of aliphatic hydroxyl groups is 1. The van der Waals surface area contributed by atoms with Gasteiger partial charge in [0.2, 0.25) is 5.28 Å². The van der Waals surface area contributed by atoms with E-state index in [2.05, 4.69) is 133 Å². The van der Waals surface area contributed by atoms with Gasteiger partial charge in [-0.2, -0.15) is 0 Å². The Morgan fingerprint density at radius 3 is 1.31 bits per heavy atom. The Bertz CT molecular complexity index is 4720. The van der Waals surface area contributed by atoms with Crippen LogP contribution >= 0.6 is 11.6 Å². The van der Waals surface area contributed by atoms with Crippen LogP contribution < -0.4 is 39.7 Å². The standard InChI is InChI=1S/C31H49ClN4O5Si.C31H45N5O3Si.C26H32N4O3.C5H6BNO2/c1-30(2,3)40-29(37)35(7)20-25(41-42(9,10)31(4,5)6)21-39-24-13-11-12-22(18-24)26-19-27(34-28(32)33-26)36(8)23-14-16-38-17-15-23;1-31(2,3)40(6,7)39-27(21-32-4)22-38-26-10-8-9-24(19-26)30-34-28(23-11-15-33-16-12-23)20-29(35-30)36(5)25-13-17-37-18-14-25;1-3-5-22(31)18-33-23-7-4-6-20(16-23)24-17-25(30(2)21-10-14-32-15-11-21)29-26(28-24)19-8-12-27-13-9-19;8-6(9)5-1-3-7-4-2-5/h11-13,18-19,23,25H,14-17,20-21H2,1-10H3;8-12,15-16,19-20,25,27,32H,13-14,17-18,21-22H2,1-7H3;4,6-9,12-13,16-17,21-22,31H,3,5,10-11,14-15,18H2,1-2H3;1-4,8-9H. The average molecular weight is 1760 g/mol. The van der Waals surface area contributed by atoms with Gasteiger partial charge in [-0.15, -0.1) is 0 Å². The lowest BCUT2D eigenvalue weighted by Crippen LogP contribution is -2.49. The number of nitrogens with one attached hydrogen (secondary N) is 1. The fourth-order valence-electron chi connectivity index (χ4n) is 13.5. The van der Waals surface area contributed by atoms with Gasteiger partial charge in [-0.1, -0.05) is 91.3 Å². The van der Waals surface area contributed by atoms with Gasteiger partial charge in [0, 0.05) is 176 Å². The van der Waals surface area contributed by atoms with Gasteiger partial charge in [0.05, 0.1) is 41.9 Å². The maximum absolute atomic E-state index is 12.7. The lowest BCUT2D eigenvalue weighted by Gasteiger charge is -2.40. The number of rotatable bonds is 31. The highest BCUT2D eigenvalue weighted by Crippen LogP contribution is 2.40. The molecule has 0 spiro atoms. The van der Waals surface area contributed by atoms with Crippen molar-refractivity contribution in [2.45, 2.75) is 199 Å². The van der Waals surface area contributed by atoms with Crippen LogP contribution in [0.15, 0.2) is 165 Å². The summed E-state index contributed by atoms with van der Waals surface area (Å²) >= 11 is 6.38. The summed E-state index contributed by atoms with van der Waals surface area (Å²) in [5.41, 5.74) is 6.93. The van der Waals surface area contributed by atoms with Gasteiger partial charge in [0.1, 0.15) is 60.1 Å². The van der Waals surface area contributed by atoms with Crippen molar-refractivity contribution in [1.82, 2.24) is 55.1 Å². The molecule has 3 aliphatic heterocycles. The normalized spacial score (nSPS) is 15.1. The number of aliphatic hydroxyl groups excluding tert-OH is 1. The van der Waals surface area contributed by atoms with Crippen LogP contribution in [0, 0.1) is 0 Å². The minimum atomic E-state index is -2.16. The third-order valence-corrected chi connectivity index (χ3v) is 32.0. The zero-order valence-corrected chi connectivity index (χ0v) is 78.9. The summed E-state index contributed by atoms with van der Waals surface area (Å²) in [6.45, 7) is 36.6. The van der Waals surface area contributed by atoms with Crippen molar-refractivity contribution in [3.63, 3.8) is 0 Å². The largest absolute Gasteiger partial charge is 0.491 e. The van der Waals surface area contributed by atoms with Crippen molar-refractivity contribution < 1.29 is 62.0 Å². The molecule has 3 aliphatic rings. The van der Waals surface area contributed by atoms with E-state index in [-0.39, 0.29) is 40.8 Å². The molecule has 0 saturated carbocycles. The molecule has 124 heavy (non-hydrogen) atoms. The monoisotopic (exact) mass is 1750 g/mol. The van der Waals surface area contributed by atoms with Gasteiger partial charge in [-0.25, -0.2) is 34.7 Å². The Balaban J connectivity index is 0.000000201. The Hall–Kier alpha value is -9.15. The van der Waals surface area contributed by atoms with Gasteiger partial charge >= 0.3 is 13.2 Å². The second-order valence-electron chi connectivity index (χ2n) is 35.6. The predicted octanol–water partition coefficient (Wildman–Crippen LogP) is 16.0. The van der Waals surface area contributed by atoms with Crippen LogP contribution in [0.3, 0.4) is 0 Å². The maximum atomic E-state index is 12.7. The molecule has 4 N–H and O–H groups in total. The molecule has 3 saturated heterocycles. The molecule has 3 atom stereocenters. The number of anilines is 3. The molecule has 31 heteroatoms. The van der Waals surface area contributed by atoms with Crippen LogP contribution in [-0.4, -0.2) is 245 Å². The number of hydrogen-bond acceptors (Lipinski definition) is 26. The Labute approximate surface area is 742 Å². The van der Waals surface area contributed by atoms with Crippen LogP contribution in [-0.2, 0) is 27.8 Å². The number of halogens is 1. The Morgan fingerprint density at radius 2 is 0.887 bits per heavy atom. The Morgan fingerprint density at radius 1 is 0.508 bits per heavy atom. The van der Waals surface area contributed by atoms with Crippen LogP contribution in [0.4, 0.5) is 22.2 Å². The van der Waals surface area contributed by atoms with Gasteiger partial charge in [-0.3, -0.25) is 15.0 Å². The van der Waals surface area contributed by atoms with Crippen molar-refractivity contribution in [2.24, 2.45) is 0 Å². The summed E-state index contributed by atoms with van der Waals surface area (Å²) in [4.78, 5) is 61.7. The first-order valence-corrected chi connectivity index (χ1v) is 49.3. The van der Waals surface area contributed by atoms with Crippen LogP contribution in [0.5, 0.6) is 17.2 Å². The SMILES string of the molecule is CCCC(O)COc1cccc(-c2cc(N(C)C3CCOCC3)nc(-c3ccncc3)n2)c1.CN(CC(COc1cccc(-c2cc(N(C)C3CCOCC3)nc(Cl)n2)c1)O[Si](C)(C)C(C)(C)C)C(=O)OC(C)(C)C.CNCC(COc1cccc(-c2nc(-c3ccncc3)cc(N(C)C3CCOCC3)n2)c1)O[Si](C)(C)C(C)(C)C.OB(O)c1ccncc1. The number of carbonyl (C=O) groups excluding carboxylic acids is 1. The summed E-state index contributed by atoms with van der Waals surface area (Å²) in [6, 6.07) is 41.7. The third-order valence-electron chi connectivity index (χ3n) is 22.8. The van der Waals surface area contributed by atoms with Crippen molar-refractivity contribution in [3.8, 4) is 73.8 Å². The minimum Gasteiger partial charge on any atom is -0.491 e. The quantitative estimate of drug-likeness (QED) is 0.0232. The molecule has 12 rings (SSSR count). The number of carbonyl (C=O) groups is 1. The molecule has 6 aromatic heterocycles. The molecule has 3 fully saturated rings. The topological polar surface area (TPSA) is 302 Å². The number of hydrogen-bond donors (Lipinski definition) is 4. The first kappa shape index (κ1) is 98.6. The molecule has 0 radical (unpaired) electrons. The first-order valence-electron chi connectivity index (χ1n) is 43.1. The molecular formula is C93H132BClN14O13Si2. The lowest BCUT2D eigenvalue weighted by molar-refractivity contribution is 0.0172. The summed E-state index contributed by atoms with van der Waals surface area (Å²) < 4.78 is 54.0. The molecule has 0 aliphatic carbocycles. The maximum Gasteiger partial charge on any atom is 0.488 e. The zero-order chi connectivity index (χ0) is 89.8. The second kappa shape index (κ2) is 46.9. The van der Waals surface area contributed by atoms with Gasteiger partial charge in [0.15, 0.2) is 28.3 Å². The number of aromatic nitrogens is 9. The molecule has 3 aromatic carbocycles. The Kier molecular flexibility index (Phi) is 37.3. The number of pyridine rings is 3. The van der Waals surface area contributed by atoms with E-state index in [4.69, 9.17) is 83.6 Å². The molecular weight excluding hydrogens is 1620 g/mol. The van der Waals surface area contributed by atoms with Crippen molar-refractivity contribution in [2.75, 3.05) is 122 Å². The van der Waals surface area contributed by atoms with E-state index >= 15 is 0 Å². The third kappa shape index (κ3) is 30.6. The van der Waals surface area contributed by atoms with E-state index < -0.39 is 41.6 Å². The first-order chi connectivity index (χ1) is 59.0. The average Bonchev–Trinajstić information content (AvgIpc) is 0.814. The fourth-order valence-corrected chi connectivity index (χ4v) is 16.3. The zero-order valence-electron chi connectivity index (χ0n) is 76.2. The van der Waals surface area contributed by atoms with E-state index in [9.17, 15) is 9.90 Å². The summed E-state index contributed by atoms with van der Waals surface area (Å²) in [6.07, 6.45) is 16.3. The summed E-state index contributed by atoms with van der Waals surface area (Å²) in [5.74, 6) is 6.03. The van der Waals surface area contributed by atoms with E-state index in [1.807, 2.05) is 151 Å². The van der Waals surface area contributed by atoms with Crippen LogP contribution in [0.1, 0.15) is 121 Å². The molecule has 9 aromatic rings. The van der Waals surface area contributed by atoms with E-state index in [1.165, 1.54) is 12.4 Å². The second-order valence-corrected chi connectivity index (χ2v) is 45.5. The van der Waals surface area contributed by atoms with Crippen molar-refractivity contribution in [1.29, 1.82) is 0 Å². The summed E-state index contributed by atoms with van der Waals surface area (Å²) in [7, 11) is 4.44. The molecule has 0 bridgehead atoms. The minimum absolute atomic E-state index is 0.00252. The van der Waals surface area contributed by atoms with Gasteiger partial charge in [-0.05, 0) is 199 Å². The van der Waals surface area contributed by atoms with Gasteiger partial charge in [0.25, 0.3) is 0 Å². The smallest absolute Gasteiger partial charge is 0.488 e. The number of benzene rings is 3. The summed E-state index contributed by atoms with van der Waals surface area (Å²) in [5, 5.41) is 30.7. The predicted molar refractivity (Wildman–Crippen MR) is 499 cm³/mol. The van der Waals surface area contributed by atoms with Crippen molar-refractivity contribution in [3.05, 3.63) is 170 Å². The number of amides is 1. The highest BCUT2D eigenvalue weighted by Gasteiger charge is 2.41. The van der Waals surface area contributed by atoms with Gasteiger partial charge < -0.3 is 82.1 Å². The number of likely N-dealkylation sites (N-methyl/N-ethyl adjacent to an activating group) is 2. The number of ether oxygens (including phenoxy) is 7. The fraction of sp³-hybridized carbons (Fsp3) is 0.505. The van der Waals surface area contributed by atoms with E-state index in [0.29, 0.717) is 65.6 Å². The number of nitrogens with zero attached hydrogens (tertiary/aromatic N) is 13. The molecule has 670 valence electrons. The van der Waals surface area contributed by atoms with E-state index in [1.54, 1.807) is 48.9 Å². The molecule has 1 amide bonds. The van der Waals surface area contributed by atoms with Crippen molar-refractivity contribution >= 4 is 64.4 Å². The van der Waals surface area contributed by atoms with Crippen LogP contribution in [0.2, 0.25) is 41.5 Å². The molecule has 27 nitrogen and oxygen atoms in total. The lowest BCUT2D eigenvalue weighted by atomic mass is 9.81. The highest BCUT2D eigenvalue weighted by atomic mass is 35.5. The molecule has 3 unspecified atom stereocenters. The van der Waals surface area contributed by atoms with Crippen LogP contribution in [0.25, 0.3) is 56.5 Å². The van der Waals surface area contributed by atoms with E-state index in [0.717, 1.165) is 160 Å². The molecule has 9 heterocycles.